The van der Waals surface area contributed by atoms with Crippen LogP contribution in [0.3, 0.4) is 0 Å². The van der Waals surface area contributed by atoms with Gasteiger partial charge in [0.1, 0.15) is 18.4 Å². The summed E-state index contributed by atoms with van der Waals surface area (Å²) in [6, 6.07) is 26.6. The fourth-order valence-corrected chi connectivity index (χ4v) is 3.60. The van der Waals surface area contributed by atoms with Crippen LogP contribution in [0.15, 0.2) is 84.9 Å². The zero-order chi connectivity index (χ0) is 23.6. The summed E-state index contributed by atoms with van der Waals surface area (Å²) in [5, 5.41) is 21.9. The molecule has 0 aliphatic heterocycles. The number of amidine groups is 1. The van der Waals surface area contributed by atoms with E-state index in [1.165, 1.54) is 0 Å². The van der Waals surface area contributed by atoms with Crippen LogP contribution < -0.4 is 16.4 Å². The maximum atomic E-state index is 13.5. The van der Waals surface area contributed by atoms with Crippen LogP contribution in [-0.4, -0.2) is 30.2 Å². The molecule has 0 aliphatic carbocycles. The van der Waals surface area contributed by atoms with Crippen LogP contribution in [0, 0.1) is 16.7 Å². The minimum Gasteiger partial charge on any atom is -0.384 e. The van der Waals surface area contributed by atoms with Crippen molar-refractivity contribution in [2.75, 3.05) is 6.54 Å². The Kier molecular flexibility index (Phi) is 7.92. The summed E-state index contributed by atoms with van der Waals surface area (Å²) in [5.41, 5.74) is 8.45. The molecular formula is C26H25N5O2. The van der Waals surface area contributed by atoms with Crippen molar-refractivity contribution in [2.24, 2.45) is 5.73 Å². The smallest absolute Gasteiger partial charge is 0.243 e. The average molecular weight is 440 g/mol. The molecule has 0 aromatic heterocycles. The first kappa shape index (κ1) is 23.2. The number of nitrogens with one attached hydrogen (secondary N) is 3. The number of hydrogen-bond acceptors (Lipinski definition) is 4. The Morgan fingerprint density at radius 3 is 2.06 bits per heavy atom. The monoisotopic (exact) mass is 439 g/mol. The third-order valence-corrected chi connectivity index (χ3v) is 5.18. The third kappa shape index (κ3) is 6.28. The SMILES string of the molecule is N#CCNC(=O)[C@H](Cc1cccc(C(=N)N)c1)NC(=O)C(c1ccccc1)c1ccccc1. The van der Waals surface area contributed by atoms with Crippen LogP contribution >= 0.6 is 0 Å². The van der Waals surface area contributed by atoms with Gasteiger partial charge in [0, 0.05) is 12.0 Å². The van der Waals surface area contributed by atoms with E-state index in [0.29, 0.717) is 5.56 Å². The summed E-state index contributed by atoms with van der Waals surface area (Å²) < 4.78 is 0. The minimum atomic E-state index is -0.914. The highest BCUT2D eigenvalue weighted by atomic mass is 16.2. The normalized spacial score (nSPS) is 11.3. The molecule has 2 amide bonds. The van der Waals surface area contributed by atoms with E-state index in [1.807, 2.05) is 66.7 Å². The zero-order valence-electron chi connectivity index (χ0n) is 18.0. The molecule has 33 heavy (non-hydrogen) atoms. The maximum absolute atomic E-state index is 13.5. The Bertz CT molecular complexity index is 1120. The quantitative estimate of drug-likeness (QED) is 0.232. The second kappa shape index (κ2) is 11.3. The Morgan fingerprint density at radius 2 is 1.52 bits per heavy atom. The first-order valence-corrected chi connectivity index (χ1v) is 10.5. The van der Waals surface area contributed by atoms with Gasteiger partial charge in [-0.15, -0.1) is 0 Å². The second-order valence-electron chi connectivity index (χ2n) is 7.51. The van der Waals surface area contributed by atoms with E-state index < -0.39 is 17.9 Å². The fraction of sp³-hybridized carbons (Fsp3) is 0.154. The van der Waals surface area contributed by atoms with Gasteiger partial charge in [-0.1, -0.05) is 78.9 Å². The summed E-state index contributed by atoms with van der Waals surface area (Å²) in [7, 11) is 0. The fourth-order valence-electron chi connectivity index (χ4n) is 3.60. The van der Waals surface area contributed by atoms with Gasteiger partial charge in [0.25, 0.3) is 0 Å². The number of hydrogen-bond donors (Lipinski definition) is 4. The molecule has 0 saturated heterocycles. The van der Waals surface area contributed by atoms with E-state index in [2.05, 4.69) is 10.6 Å². The van der Waals surface area contributed by atoms with Crippen molar-refractivity contribution in [3.63, 3.8) is 0 Å². The number of benzene rings is 3. The van der Waals surface area contributed by atoms with Crippen molar-refractivity contribution in [1.29, 1.82) is 10.7 Å². The second-order valence-corrected chi connectivity index (χ2v) is 7.51. The molecule has 0 fully saturated rings. The van der Waals surface area contributed by atoms with Crippen LogP contribution in [0.25, 0.3) is 0 Å². The summed E-state index contributed by atoms with van der Waals surface area (Å²) >= 11 is 0. The van der Waals surface area contributed by atoms with Gasteiger partial charge in [-0.25, -0.2) is 0 Å². The molecule has 3 aromatic carbocycles. The van der Waals surface area contributed by atoms with Crippen molar-refractivity contribution in [1.82, 2.24) is 10.6 Å². The van der Waals surface area contributed by atoms with Crippen LogP contribution in [0.4, 0.5) is 0 Å². The Morgan fingerprint density at radius 1 is 0.909 bits per heavy atom. The minimum absolute atomic E-state index is 0.0837. The van der Waals surface area contributed by atoms with Gasteiger partial charge in [0.15, 0.2) is 0 Å². The molecule has 0 bridgehead atoms. The van der Waals surface area contributed by atoms with Gasteiger partial charge < -0.3 is 16.4 Å². The molecular weight excluding hydrogens is 414 g/mol. The van der Waals surface area contributed by atoms with E-state index in [-0.39, 0.29) is 24.7 Å². The average Bonchev–Trinajstić information content (AvgIpc) is 2.84. The Hall–Kier alpha value is -4.44. The summed E-state index contributed by atoms with van der Waals surface area (Å²) in [4.78, 5) is 26.3. The number of carbonyl (C=O) groups excluding carboxylic acids is 2. The summed E-state index contributed by atoms with van der Waals surface area (Å²) in [6.07, 6.45) is 0.181. The topological polar surface area (TPSA) is 132 Å². The van der Waals surface area contributed by atoms with Crippen molar-refractivity contribution < 1.29 is 9.59 Å². The van der Waals surface area contributed by atoms with E-state index in [1.54, 1.807) is 24.3 Å². The van der Waals surface area contributed by atoms with Crippen molar-refractivity contribution >= 4 is 17.6 Å². The van der Waals surface area contributed by atoms with E-state index in [9.17, 15) is 9.59 Å². The molecule has 7 heteroatoms. The molecule has 3 rings (SSSR count). The molecule has 7 nitrogen and oxygen atoms in total. The lowest BCUT2D eigenvalue weighted by Crippen LogP contribution is -2.49. The van der Waals surface area contributed by atoms with Gasteiger partial charge in [-0.2, -0.15) is 5.26 Å². The maximum Gasteiger partial charge on any atom is 0.243 e. The highest BCUT2D eigenvalue weighted by molar-refractivity contribution is 5.95. The van der Waals surface area contributed by atoms with Crippen LogP contribution in [0.5, 0.6) is 0 Å². The highest BCUT2D eigenvalue weighted by Gasteiger charge is 2.28. The molecule has 0 aliphatic rings. The highest BCUT2D eigenvalue weighted by Crippen LogP contribution is 2.25. The number of rotatable bonds is 9. The number of nitrogens with zero attached hydrogens (tertiary/aromatic N) is 1. The molecule has 0 heterocycles. The molecule has 0 spiro atoms. The predicted molar refractivity (Wildman–Crippen MR) is 126 cm³/mol. The van der Waals surface area contributed by atoms with Gasteiger partial charge in [-0.3, -0.25) is 15.0 Å². The lowest BCUT2D eigenvalue weighted by molar-refractivity contribution is -0.129. The van der Waals surface area contributed by atoms with Gasteiger partial charge in [0.2, 0.25) is 11.8 Å². The summed E-state index contributed by atoms with van der Waals surface area (Å²) in [5.74, 6) is -1.48. The lowest BCUT2D eigenvalue weighted by Gasteiger charge is -2.23. The largest absolute Gasteiger partial charge is 0.384 e. The van der Waals surface area contributed by atoms with Gasteiger partial charge >= 0.3 is 0 Å². The Balaban J connectivity index is 1.90. The standard InChI is InChI=1S/C26H25N5O2/c27-14-15-30-25(32)22(17-18-8-7-13-21(16-18)24(28)29)31-26(33)23(19-9-3-1-4-10-19)20-11-5-2-6-12-20/h1-13,16,22-23H,15,17H2,(H3,28,29)(H,30,32)(H,31,33)/t22-/m0/s1. The van der Waals surface area contributed by atoms with Gasteiger partial charge in [-0.05, 0) is 22.8 Å². The van der Waals surface area contributed by atoms with Crippen molar-refractivity contribution in [2.45, 2.75) is 18.4 Å². The molecule has 5 N–H and O–H groups in total. The molecule has 0 unspecified atom stereocenters. The zero-order valence-corrected chi connectivity index (χ0v) is 18.0. The van der Waals surface area contributed by atoms with E-state index >= 15 is 0 Å². The lowest BCUT2D eigenvalue weighted by atomic mass is 9.90. The first-order chi connectivity index (χ1) is 16.0. The molecule has 0 saturated carbocycles. The summed E-state index contributed by atoms with van der Waals surface area (Å²) in [6.45, 7) is -0.167. The molecule has 1 atom stereocenters. The third-order valence-electron chi connectivity index (χ3n) is 5.18. The number of nitriles is 1. The predicted octanol–water partition coefficient (Wildman–Crippen LogP) is 2.47. The van der Waals surface area contributed by atoms with Crippen molar-refractivity contribution in [3.05, 3.63) is 107 Å². The first-order valence-electron chi connectivity index (χ1n) is 10.5. The number of nitrogens with two attached hydrogens (primary N) is 1. The van der Waals surface area contributed by atoms with Crippen molar-refractivity contribution in [3.8, 4) is 6.07 Å². The molecule has 0 radical (unpaired) electrons. The molecule has 166 valence electrons. The number of carbonyl (C=O) groups is 2. The molecule has 3 aromatic rings. The van der Waals surface area contributed by atoms with Gasteiger partial charge in [0.05, 0.1) is 12.0 Å². The van der Waals surface area contributed by atoms with Crippen LogP contribution in [0.1, 0.15) is 28.2 Å². The van der Waals surface area contributed by atoms with E-state index in [4.69, 9.17) is 16.4 Å². The number of nitrogen functional groups attached to an aromatic ring is 1. The van der Waals surface area contributed by atoms with E-state index in [0.717, 1.165) is 16.7 Å². The Labute approximate surface area is 192 Å². The number of amides is 2. The van der Waals surface area contributed by atoms with Crippen LogP contribution in [-0.2, 0) is 16.0 Å². The van der Waals surface area contributed by atoms with Crippen LogP contribution in [0.2, 0.25) is 0 Å².